The number of esters is 2. The zero-order valence-corrected chi connectivity index (χ0v) is 15.6. The Balaban J connectivity index is 2.39. The van der Waals surface area contributed by atoms with E-state index in [2.05, 4.69) is 6.92 Å². The molecule has 23 heavy (non-hydrogen) atoms. The van der Waals surface area contributed by atoms with Crippen LogP contribution in [0.15, 0.2) is 0 Å². The van der Waals surface area contributed by atoms with Crippen molar-refractivity contribution in [2.24, 2.45) is 11.3 Å². The minimum Gasteiger partial charge on any atom is -0.465 e. The third kappa shape index (κ3) is 5.82. The maximum Gasteiger partial charge on any atom is 0.312 e. The molecule has 0 aromatic heterocycles. The molecule has 0 spiro atoms. The van der Waals surface area contributed by atoms with Crippen molar-refractivity contribution in [3.8, 4) is 0 Å². The van der Waals surface area contributed by atoms with Gasteiger partial charge in [-0.3, -0.25) is 9.59 Å². The molecule has 0 saturated heterocycles. The second kappa shape index (κ2) is 8.70. The zero-order chi connectivity index (χ0) is 17.5. The molecule has 4 heteroatoms. The van der Waals surface area contributed by atoms with E-state index < -0.39 is 5.41 Å². The van der Waals surface area contributed by atoms with E-state index >= 15 is 0 Å². The van der Waals surface area contributed by atoms with Crippen molar-refractivity contribution in [1.29, 1.82) is 0 Å². The van der Waals surface area contributed by atoms with Gasteiger partial charge in [-0.2, -0.15) is 0 Å². The van der Waals surface area contributed by atoms with Gasteiger partial charge in [0, 0.05) is 0 Å². The molecule has 0 aliphatic heterocycles. The van der Waals surface area contributed by atoms with Crippen molar-refractivity contribution in [2.45, 2.75) is 91.6 Å². The lowest BCUT2D eigenvalue weighted by Gasteiger charge is -2.32. The molecule has 1 saturated carbocycles. The Morgan fingerprint density at radius 1 is 1.17 bits per heavy atom. The van der Waals surface area contributed by atoms with Crippen LogP contribution in [0.25, 0.3) is 0 Å². The van der Waals surface area contributed by atoms with Gasteiger partial charge in [0.1, 0.15) is 5.60 Å². The Kier molecular flexibility index (Phi) is 7.56. The highest BCUT2D eigenvalue weighted by atomic mass is 16.6. The number of hydrogen-bond donors (Lipinski definition) is 0. The molecule has 1 atom stereocenters. The molecule has 1 aliphatic carbocycles. The summed E-state index contributed by atoms with van der Waals surface area (Å²) in [5.41, 5.74) is -0.773. The molecule has 0 bridgehead atoms. The van der Waals surface area contributed by atoms with Crippen LogP contribution >= 0.6 is 0 Å². The molecular weight excluding hydrogens is 292 g/mol. The predicted octanol–water partition coefficient (Wildman–Crippen LogP) is 4.65. The Hall–Kier alpha value is -1.06. The lowest BCUT2D eigenvalue weighted by molar-refractivity contribution is -0.171. The van der Waals surface area contributed by atoms with E-state index in [-0.39, 0.29) is 23.5 Å². The summed E-state index contributed by atoms with van der Waals surface area (Å²) in [6, 6.07) is 0. The maximum atomic E-state index is 12.5. The molecule has 0 aromatic rings. The first-order valence-corrected chi connectivity index (χ1v) is 9.16. The van der Waals surface area contributed by atoms with Crippen LogP contribution in [0.1, 0.15) is 86.0 Å². The summed E-state index contributed by atoms with van der Waals surface area (Å²) in [5, 5.41) is 0. The summed E-state index contributed by atoms with van der Waals surface area (Å²) in [6.07, 6.45) is 7.29. The largest absolute Gasteiger partial charge is 0.465 e. The summed E-state index contributed by atoms with van der Waals surface area (Å²) >= 11 is 0. The first-order valence-electron chi connectivity index (χ1n) is 9.16. The molecule has 0 heterocycles. The van der Waals surface area contributed by atoms with Crippen LogP contribution < -0.4 is 0 Å². The van der Waals surface area contributed by atoms with Gasteiger partial charge in [-0.25, -0.2) is 0 Å². The SMILES string of the molecule is CCC(C)C(=O)OCCCC(C)(C)C(=O)OC1(CC)CCCC1. The van der Waals surface area contributed by atoms with Crippen molar-refractivity contribution < 1.29 is 19.1 Å². The summed E-state index contributed by atoms with van der Waals surface area (Å²) in [5.74, 6) is -0.321. The lowest BCUT2D eigenvalue weighted by atomic mass is 9.87. The summed E-state index contributed by atoms with van der Waals surface area (Å²) in [4.78, 5) is 24.2. The van der Waals surface area contributed by atoms with Gasteiger partial charge in [-0.15, -0.1) is 0 Å². The van der Waals surface area contributed by atoms with Crippen molar-refractivity contribution in [2.75, 3.05) is 6.61 Å². The summed E-state index contributed by atoms with van der Waals surface area (Å²) in [7, 11) is 0. The van der Waals surface area contributed by atoms with Crippen LogP contribution in [-0.4, -0.2) is 24.1 Å². The second-order valence-electron chi connectivity index (χ2n) is 7.60. The van der Waals surface area contributed by atoms with Crippen LogP contribution in [0.5, 0.6) is 0 Å². The van der Waals surface area contributed by atoms with E-state index in [0.29, 0.717) is 19.4 Å². The minimum absolute atomic E-state index is 0.0558. The number of rotatable bonds is 9. The first-order chi connectivity index (χ1) is 10.8. The number of hydrogen-bond acceptors (Lipinski definition) is 4. The zero-order valence-electron chi connectivity index (χ0n) is 15.6. The van der Waals surface area contributed by atoms with Gasteiger partial charge < -0.3 is 9.47 Å². The average Bonchev–Trinajstić information content (AvgIpc) is 2.99. The molecule has 0 radical (unpaired) electrons. The van der Waals surface area contributed by atoms with E-state index in [1.165, 1.54) is 0 Å². The number of carbonyl (C=O) groups is 2. The topological polar surface area (TPSA) is 52.6 Å². The minimum atomic E-state index is -0.534. The van der Waals surface area contributed by atoms with E-state index in [4.69, 9.17) is 9.47 Å². The molecule has 134 valence electrons. The molecule has 1 unspecified atom stereocenters. The van der Waals surface area contributed by atoms with Crippen LogP contribution in [0.2, 0.25) is 0 Å². The smallest absolute Gasteiger partial charge is 0.312 e. The highest BCUT2D eigenvalue weighted by molar-refractivity contribution is 5.76. The number of carbonyl (C=O) groups excluding carboxylic acids is 2. The van der Waals surface area contributed by atoms with Crippen molar-refractivity contribution in [3.05, 3.63) is 0 Å². The van der Waals surface area contributed by atoms with E-state index in [1.807, 2.05) is 27.7 Å². The predicted molar refractivity (Wildman–Crippen MR) is 91.0 cm³/mol. The third-order valence-electron chi connectivity index (χ3n) is 5.23. The van der Waals surface area contributed by atoms with Gasteiger partial charge in [-0.1, -0.05) is 20.8 Å². The van der Waals surface area contributed by atoms with E-state index in [9.17, 15) is 9.59 Å². The Morgan fingerprint density at radius 3 is 2.30 bits per heavy atom. The maximum absolute atomic E-state index is 12.5. The van der Waals surface area contributed by atoms with Gasteiger partial charge in [0.25, 0.3) is 0 Å². The quantitative estimate of drug-likeness (QED) is 0.457. The fourth-order valence-electron chi connectivity index (χ4n) is 2.98. The molecule has 4 nitrogen and oxygen atoms in total. The number of ether oxygens (including phenoxy) is 2. The Morgan fingerprint density at radius 2 is 1.78 bits per heavy atom. The Bertz CT molecular complexity index is 394. The monoisotopic (exact) mass is 326 g/mol. The van der Waals surface area contributed by atoms with Gasteiger partial charge in [0.15, 0.2) is 0 Å². The summed E-state index contributed by atoms with van der Waals surface area (Å²) in [6.45, 7) is 10.2. The van der Waals surface area contributed by atoms with Crippen LogP contribution in [0, 0.1) is 11.3 Å². The first kappa shape index (κ1) is 20.0. The molecule has 1 aliphatic rings. The molecule has 1 fully saturated rings. The normalized spacial score (nSPS) is 18.5. The Labute approximate surface area is 141 Å². The lowest BCUT2D eigenvalue weighted by Crippen LogP contribution is -2.37. The van der Waals surface area contributed by atoms with Crippen molar-refractivity contribution >= 4 is 11.9 Å². The average molecular weight is 326 g/mol. The van der Waals surface area contributed by atoms with Gasteiger partial charge in [-0.05, 0) is 65.2 Å². The van der Waals surface area contributed by atoms with Crippen molar-refractivity contribution in [3.63, 3.8) is 0 Å². The fourth-order valence-corrected chi connectivity index (χ4v) is 2.98. The molecule has 0 aromatic carbocycles. The highest BCUT2D eigenvalue weighted by Crippen LogP contribution is 2.38. The van der Waals surface area contributed by atoms with Gasteiger partial charge >= 0.3 is 11.9 Å². The second-order valence-corrected chi connectivity index (χ2v) is 7.60. The van der Waals surface area contributed by atoms with Gasteiger partial charge in [0.05, 0.1) is 17.9 Å². The highest BCUT2D eigenvalue weighted by Gasteiger charge is 2.40. The molecule has 0 amide bonds. The molecular formula is C19H34O4. The van der Waals surface area contributed by atoms with Crippen molar-refractivity contribution in [1.82, 2.24) is 0 Å². The third-order valence-corrected chi connectivity index (χ3v) is 5.23. The van der Waals surface area contributed by atoms with E-state index in [0.717, 1.165) is 38.5 Å². The van der Waals surface area contributed by atoms with Crippen LogP contribution in [-0.2, 0) is 19.1 Å². The fraction of sp³-hybridized carbons (Fsp3) is 0.895. The van der Waals surface area contributed by atoms with Gasteiger partial charge in [0.2, 0.25) is 0 Å². The molecule has 0 N–H and O–H groups in total. The standard InChI is InChI=1S/C19H34O4/c1-6-15(3)16(20)22-14-10-11-18(4,5)17(21)23-19(7-2)12-8-9-13-19/h15H,6-14H2,1-5H3. The van der Waals surface area contributed by atoms with E-state index in [1.54, 1.807) is 0 Å². The summed E-state index contributed by atoms with van der Waals surface area (Å²) < 4.78 is 11.2. The molecule has 1 rings (SSSR count). The van der Waals surface area contributed by atoms with Crippen LogP contribution in [0.3, 0.4) is 0 Å². The van der Waals surface area contributed by atoms with Crippen LogP contribution in [0.4, 0.5) is 0 Å².